The summed E-state index contributed by atoms with van der Waals surface area (Å²) in [6.45, 7) is 2.62. The molecule has 3 aromatic heterocycles. The largest absolute Gasteiger partial charge is 0.356 e. The second kappa shape index (κ2) is 6.00. The topological polar surface area (TPSA) is 95.6 Å². The Morgan fingerprint density at radius 1 is 1.15 bits per heavy atom. The molecule has 1 amide bonds. The van der Waals surface area contributed by atoms with Crippen LogP contribution in [-0.4, -0.2) is 45.5 Å². The van der Waals surface area contributed by atoms with Crippen molar-refractivity contribution in [3.8, 4) is 22.2 Å². The van der Waals surface area contributed by atoms with Crippen molar-refractivity contribution in [1.29, 1.82) is 0 Å². The number of hydrogen-bond donors (Lipinski definition) is 3. The normalized spacial score (nSPS) is 18.5. The number of aromatic nitrogens is 4. The van der Waals surface area contributed by atoms with Gasteiger partial charge in [-0.05, 0) is 38.1 Å². The third-order valence-corrected chi connectivity index (χ3v) is 6.06. The van der Waals surface area contributed by atoms with Crippen molar-refractivity contribution < 1.29 is 4.79 Å². The lowest BCUT2D eigenvalue weighted by Gasteiger charge is -2.40. The van der Waals surface area contributed by atoms with Gasteiger partial charge in [-0.25, -0.2) is 15.0 Å². The van der Waals surface area contributed by atoms with Gasteiger partial charge in [0.05, 0.1) is 17.0 Å². The highest BCUT2D eigenvalue weighted by Crippen LogP contribution is 2.38. The summed E-state index contributed by atoms with van der Waals surface area (Å²) in [7, 11) is 0. The van der Waals surface area contributed by atoms with Crippen molar-refractivity contribution in [2.75, 3.05) is 19.6 Å². The monoisotopic (exact) mass is 366 g/mol. The van der Waals surface area contributed by atoms with Crippen molar-refractivity contribution in [3.63, 3.8) is 0 Å². The first-order valence-corrected chi connectivity index (χ1v) is 9.59. The second-order valence-electron chi connectivity index (χ2n) is 6.79. The quantitative estimate of drug-likeness (QED) is 0.644. The molecule has 5 heterocycles. The summed E-state index contributed by atoms with van der Waals surface area (Å²) < 4.78 is 0. The Bertz CT molecular complexity index is 958. The van der Waals surface area contributed by atoms with Crippen LogP contribution in [0.25, 0.3) is 22.2 Å². The molecule has 0 saturated carbocycles. The number of carbonyl (C=O) groups excluding carboxylic acids is 1. The number of carbonyl (C=O) groups is 1. The average molecular weight is 366 g/mol. The van der Waals surface area contributed by atoms with E-state index in [2.05, 4.69) is 30.6 Å². The van der Waals surface area contributed by atoms with E-state index in [1.54, 1.807) is 12.4 Å². The zero-order valence-corrected chi connectivity index (χ0v) is 14.9. The molecule has 2 aliphatic heterocycles. The Balaban J connectivity index is 1.59. The maximum Gasteiger partial charge on any atom is 0.253 e. The van der Waals surface area contributed by atoms with Gasteiger partial charge in [0.25, 0.3) is 5.91 Å². The molecule has 0 atom stereocenters. The number of nitrogens with zero attached hydrogens (tertiary/aromatic N) is 3. The Kier molecular flexibility index (Phi) is 3.61. The van der Waals surface area contributed by atoms with Gasteiger partial charge in [0.15, 0.2) is 10.8 Å². The van der Waals surface area contributed by atoms with Crippen molar-refractivity contribution in [3.05, 3.63) is 41.2 Å². The molecular weight excluding hydrogens is 348 g/mol. The molecule has 0 aliphatic carbocycles. The van der Waals surface area contributed by atoms with Crippen LogP contribution in [0, 0.1) is 0 Å². The molecule has 1 spiro atoms. The van der Waals surface area contributed by atoms with Gasteiger partial charge in [0, 0.05) is 35.4 Å². The summed E-state index contributed by atoms with van der Waals surface area (Å²) in [5, 5.41) is 9.17. The van der Waals surface area contributed by atoms with E-state index in [9.17, 15) is 4.79 Å². The lowest BCUT2D eigenvalue weighted by molar-refractivity contribution is 0.0913. The van der Waals surface area contributed by atoms with E-state index in [-0.39, 0.29) is 11.3 Å². The SMILES string of the molecule is O=C1NCC2(CCNCC2)c2[nH]c(-c3ccnc(-c4nccs4)n3)cc21. The lowest BCUT2D eigenvalue weighted by atomic mass is 9.73. The van der Waals surface area contributed by atoms with E-state index in [1.807, 2.05) is 17.5 Å². The molecule has 0 bridgehead atoms. The van der Waals surface area contributed by atoms with Gasteiger partial charge < -0.3 is 15.6 Å². The van der Waals surface area contributed by atoms with Crippen LogP contribution in [0.3, 0.4) is 0 Å². The highest BCUT2D eigenvalue weighted by atomic mass is 32.1. The molecular formula is C18H18N6OS. The molecule has 132 valence electrons. The smallest absolute Gasteiger partial charge is 0.253 e. The zero-order valence-electron chi connectivity index (χ0n) is 14.1. The van der Waals surface area contributed by atoms with E-state index in [4.69, 9.17) is 0 Å². The van der Waals surface area contributed by atoms with Gasteiger partial charge in [-0.3, -0.25) is 4.79 Å². The molecule has 0 aromatic carbocycles. The zero-order chi connectivity index (χ0) is 17.6. The third kappa shape index (κ3) is 2.45. The molecule has 0 unspecified atom stereocenters. The molecule has 1 saturated heterocycles. The summed E-state index contributed by atoms with van der Waals surface area (Å²) in [5.74, 6) is 0.590. The first-order valence-electron chi connectivity index (χ1n) is 8.71. The number of thiazole rings is 1. The number of rotatable bonds is 2. The number of fused-ring (bicyclic) bond motifs is 2. The summed E-state index contributed by atoms with van der Waals surface area (Å²) in [4.78, 5) is 29.2. The van der Waals surface area contributed by atoms with E-state index >= 15 is 0 Å². The number of aromatic amines is 1. The molecule has 7 nitrogen and oxygen atoms in total. The lowest BCUT2D eigenvalue weighted by Crippen LogP contribution is -2.51. The van der Waals surface area contributed by atoms with Crippen molar-refractivity contribution in [2.24, 2.45) is 0 Å². The summed E-state index contributed by atoms with van der Waals surface area (Å²) >= 11 is 1.51. The molecule has 1 fully saturated rings. The number of amides is 1. The molecule has 3 aromatic rings. The van der Waals surface area contributed by atoms with Gasteiger partial charge >= 0.3 is 0 Å². The highest BCUT2D eigenvalue weighted by molar-refractivity contribution is 7.13. The third-order valence-electron chi connectivity index (χ3n) is 5.30. The predicted molar refractivity (Wildman–Crippen MR) is 99.0 cm³/mol. The standard InChI is InChI=1S/C18H18N6OS/c25-16-11-9-13(12-1-4-20-15(24-12)17-21-7-8-26-17)23-14(11)18(10-22-16)2-5-19-6-3-18/h1,4,7-9,19,23H,2-3,5-6,10H2,(H,22,25). The fourth-order valence-corrected chi connectivity index (χ4v) is 4.48. The van der Waals surface area contributed by atoms with Crippen molar-refractivity contribution in [1.82, 2.24) is 30.6 Å². The van der Waals surface area contributed by atoms with E-state index in [1.165, 1.54) is 11.3 Å². The predicted octanol–water partition coefficient (Wildman–Crippen LogP) is 1.96. The maximum atomic E-state index is 12.4. The fourth-order valence-electron chi connectivity index (χ4n) is 3.90. The molecule has 8 heteroatoms. The van der Waals surface area contributed by atoms with Crippen LogP contribution in [-0.2, 0) is 5.41 Å². The van der Waals surface area contributed by atoms with Gasteiger partial charge in [0.1, 0.15) is 0 Å². The van der Waals surface area contributed by atoms with E-state index in [0.29, 0.717) is 12.4 Å². The van der Waals surface area contributed by atoms with Gasteiger partial charge in [0.2, 0.25) is 0 Å². The van der Waals surface area contributed by atoms with E-state index < -0.39 is 0 Å². The van der Waals surface area contributed by atoms with Crippen molar-refractivity contribution >= 4 is 17.2 Å². The number of nitrogens with one attached hydrogen (secondary N) is 3. The van der Waals surface area contributed by atoms with Crippen LogP contribution in [0.1, 0.15) is 28.9 Å². The molecule has 0 radical (unpaired) electrons. The summed E-state index contributed by atoms with van der Waals surface area (Å²) in [6, 6.07) is 3.78. The Labute approximate surface area is 154 Å². The van der Waals surface area contributed by atoms with E-state index in [0.717, 1.165) is 53.6 Å². The first kappa shape index (κ1) is 15.7. The van der Waals surface area contributed by atoms with Gasteiger partial charge in [-0.15, -0.1) is 11.3 Å². The van der Waals surface area contributed by atoms with Gasteiger partial charge in [-0.1, -0.05) is 0 Å². The molecule has 26 heavy (non-hydrogen) atoms. The molecule has 2 aliphatic rings. The maximum absolute atomic E-state index is 12.4. The average Bonchev–Trinajstić information content (AvgIpc) is 3.37. The first-order chi connectivity index (χ1) is 12.8. The fraction of sp³-hybridized carbons (Fsp3) is 0.333. The summed E-state index contributed by atoms with van der Waals surface area (Å²) in [6.07, 6.45) is 5.50. The Morgan fingerprint density at radius 3 is 2.85 bits per heavy atom. The second-order valence-corrected chi connectivity index (χ2v) is 7.68. The summed E-state index contributed by atoms with van der Waals surface area (Å²) in [5.41, 5.74) is 3.40. The minimum atomic E-state index is -0.0160. The van der Waals surface area contributed by atoms with Crippen LogP contribution >= 0.6 is 11.3 Å². The van der Waals surface area contributed by atoms with Crippen LogP contribution < -0.4 is 10.6 Å². The van der Waals surface area contributed by atoms with Crippen LogP contribution in [0.5, 0.6) is 0 Å². The minimum absolute atomic E-state index is 0.0131. The highest BCUT2D eigenvalue weighted by Gasteiger charge is 2.42. The molecule has 5 rings (SSSR count). The van der Waals surface area contributed by atoms with Gasteiger partial charge in [-0.2, -0.15) is 0 Å². The Morgan fingerprint density at radius 2 is 2.04 bits per heavy atom. The van der Waals surface area contributed by atoms with Crippen molar-refractivity contribution in [2.45, 2.75) is 18.3 Å². The van der Waals surface area contributed by atoms with Crippen LogP contribution in [0.4, 0.5) is 0 Å². The molecule has 3 N–H and O–H groups in total. The number of hydrogen-bond acceptors (Lipinski definition) is 6. The minimum Gasteiger partial charge on any atom is -0.356 e. The van der Waals surface area contributed by atoms with Crippen LogP contribution in [0.2, 0.25) is 0 Å². The number of piperidine rings is 1. The van der Waals surface area contributed by atoms with Crippen LogP contribution in [0.15, 0.2) is 29.9 Å². The number of H-pyrrole nitrogens is 1. The Hall–Kier alpha value is -2.58.